The van der Waals surface area contributed by atoms with Crippen LogP contribution in [0.15, 0.2) is 36.4 Å². The van der Waals surface area contributed by atoms with E-state index in [4.69, 9.17) is 14.7 Å². The predicted molar refractivity (Wildman–Crippen MR) is 73.2 cm³/mol. The van der Waals surface area contributed by atoms with Crippen LogP contribution in [0.4, 0.5) is 4.39 Å². The first kappa shape index (κ1) is 13.9. The quantitative estimate of drug-likeness (QED) is 0.853. The lowest BCUT2D eigenvalue weighted by Gasteiger charge is -2.12. The highest BCUT2D eigenvalue weighted by atomic mass is 19.1. The fourth-order valence-corrected chi connectivity index (χ4v) is 1.84. The third-order valence-corrected chi connectivity index (χ3v) is 2.89. The molecule has 0 heterocycles. The Labute approximate surface area is 117 Å². The molecule has 0 bridgehead atoms. The average molecular weight is 271 g/mol. The fourth-order valence-electron chi connectivity index (χ4n) is 1.84. The Morgan fingerprint density at radius 1 is 1.15 bits per heavy atom. The largest absolute Gasteiger partial charge is 0.493 e. The lowest BCUT2D eigenvalue weighted by atomic mass is 10.1. The summed E-state index contributed by atoms with van der Waals surface area (Å²) in [4.78, 5) is 0. The van der Waals surface area contributed by atoms with Crippen molar-refractivity contribution in [3.63, 3.8) is 0 Å². The second-order valence-electron chi connectivity index (χ2n) is 4.36. The molecule has 0 N–H and O–H groups in total. The van der Waals surface area contributed by atoms with Gasteiger partial charge in [-0.25, -0.2) is 4.39 Å². The Bertz CT molecular complexity index is 662. The van der Waals surface area contributed by atoms with Gasteiger partial charge in [-0.1, -0.05) is 6.07 Å². The molecule has 0 saturated heterocycles. The smallest absolute Gasteiger partial charge is 0.161 e. The monoisotopic (exact) mass is 271 g/mol. The number of nitriles is 1. The molecule has 0 unspecified atom stereocenters. The molecular formula is C16H14FNO2. The zero-order valence-corrected chi connectivity index (χ0v) is 11.3. The fraction of sp³-hybridized carbons (Fsp3) is 0.188. The second kappa shape index (κ2) is 6.07. The van der Waals surface area contributed by atoms with Gasteiger partial charge in [-0.3, -0.25) is 0 Å². The number of hydrogen-bond acceptors (Lipinski definition) is 3. The summed E-state index contributed by atoms with van der Waals surface area (Å²) in [6.45, 7) is 2.06. The minimum atomic E-state index is -0.390. The molecule has 0 amide bonds. The molecule has 0 aliphatic rings. The summed E-state index contributed by atoms with van der Waals surface area (Å²) in [5.74, 6) is 0.782. The molecule has 2 aromatic rings. The van der Waals surface area contributed by atoms with E-state index in [1.807, 2.05) is 25.1 Å². The molecule has 20 heavy (non-hydrogen) atoms. The first-order valence-corrected chi connectivity index (χ1v) is 6.10. The van der Waals surface area contributed by atoms with Gasteiger partial charge in [0, 0.05) is 5.56 Å². The molecule has 0 radical (unpaired) electrons. The summed E-state index contributed by atoms with van der Waals surface area (Å²) in [5, 5.41) is 8.99. The number of benzene rings is 2. The number of rotatable bonds is 4. The van der Waals surface area contributed by atoms with Gasteiger partial charge in [0.05, 0.1) is 18.7 Å². The van der Waals surface area contributed by atoms with E-state index in [2.05, 4.69) is 0 Å². The maximum Gasteiger partial charge on any atom is 0.161 e. The highest BCUT2D eigenvalue weighted by molar-refractivity contribution is 5.43. The Kier molecular flexibility index (Phi) is 4.21. The van der Waals surface area contributed by atoms with Crippen LogP contribution in [0, 0.1) is 24.1 Å². The van der Waals surface area contributed by atoms with Crippen molar-refractivity contribution in [2.24, 2.45) is 0 Å². The molecule has 0 atom stereocenters. The van der Waals surface area contributed by atoms with Gasteiger partial charge in [-0.15, -0.1) is 0 Å². The molecule has 0 saturated carbocycles. The molecule has 4 heteroatoms. The summed E-state index contributed by atoms with van der Waals surface area (Å²) in [6.07, 6.45) is 0. The van der Waals surface area contributed by atoms with Gasteiger partial charge < -0.3 is 9.47 Å². The van der Waals surface area contributed by atoms with Gasteiger partial charge in [-0.05, 0) is 42.8 Å². The molecular weight excluding hydrogens is 257 g/mol. The van der Waals surface area contributed by atoms with E-state index < -0.39 is 5.82 Å². The number of halogens is 1. The topological polar surface area (TPSA) is 42.2 Å². The van der Waals surface area contributed by atoms with Crippen molar-refractivity contribution in [2.75, 3.05) is 7.11 Å². The molecule has 102 valence electrons. The summed E-state index contributed by atoms with van der Waals surface area (Å²) >= 11 is 0. The second-order valence-corrected chi connectivity index (χ2v) is 4.36. The first-order valence-electron chi connectivity index (χ1n) is 6.10. The van der Waals surface area contributed by atoms with Gasteiger partial charge in [0.15, 0.2) is 11.5 Å². The van der Waals surface area contributed by atoms with Gasteiger partial charge >= 0.3 is 0 Å². The lowest BCUT2D eigenvalue weighted by Crippen LogP contribution is -2.00. The minimum absolute atomic E-state index is 0.111. The van der Waals surface area contributed by atoms with Crippen LogP contribution in [0.25, 0.3) is 0 Å². The highest BCUT2D eigenvalue weighted by Crippen LogP contribution is 2.28. The average Bonchev–Trinajstić information content (AvgIpc) is 2.46. The maximum atomic E-state index is 13.2. The third-order valence-electron chi connectivity index (χ3n) is 2.89. The summed E-state index contributed by atoms with van der Waals surface area (Å²) in [7, 11) is 1.56. The van der Waals surface area contributed by atoms with Crippen LogP contribution in [0.2, 0.25) is 0 Å². The van der Waals surface area contributed by atoms with Crippen molar-refractivity contribution in [3.8, 4) is 17.6 Å². The molecule has 0 aliphatic carbocycles. The zero-order valence-electron chi connectivity index (χ0n) is 11.3. The lowest BCUT2D eigenvalue weighted by molar-refractivity contribution is 0.283. The Balaban J connectivity index is 2.21. The van der Waals surface area contributed by atoms with E-state index in [1.165, 1.54) is 18.2 Å². The van der Waals surface area contributed by atoms with Crippen LogP contribution in [0.3, 0.4) is 0 Å². The van der Waals surface area contributed by atoms with Crippen LogP contribution in [-0.4, -0.2) is 7.11 Å². The van der Waals surface area contributed by atoms with Gasteiger partial charge in [0.2, 0.25) is 0 Å². The molecule has 0 aliphatic heterocycles. The molecule has 0 aromatic heterocycles. The first-order chi connectivity index (χ1) is 9.63. The predicted octanol–water partition coefficient (Wildman–Crippen LogP) is 3.59. The van der Waals surface area contributed by atoms with Crippen LogP contribution in [0.1, 0.15) is 16.7 Å². The van der Waals surface area contributed by atoms with Crippen LogP contribution in [-0.2, 0) is 6.61 Å². The van der Waals surface area contributed by atoms with Crippen molar-refractivity contribution >= 4 is 0 Å². The number of aryl methyl sites for hydroxylation is 1. The Hall–Kier alpha value is -2.54. The van der Waals surface area contributed by atoms with Crippen molar-refractivity contribution in [2.45, 2.75) is 13.5 Å². The van der Waals surface area contributed by atoms with Gasteiger partial charge in [0.25, 0.3) is 0 Å². The SMILES string of the molecule is COc1cc(C)ccc1OCc1cc(F)ccc1C#N. The van der Waals surface area contributed by atoms with E-state index >= 15 is 0 Å². The molecule has 2 rings (SSSR count). The zero-order chi connectivity index (χ0) is 14.5. The summed E-state index contributed by atoms with van der Waals surface area (Å²) in [5.41, 5.74) is 1.96. The molecule has 2 aromatic carbocycles. The third kappa shape index (κ3) is 3.07. The number of hydrogen-bond donors (Lipinski definition) is 0. The Morgan fingerprint density at radius 3 is 2.65 bits per heavy atom. The Morgan fingerprint density at radius 2 is 1.95 bits per heavy atom. The summed E-state index contributed by atoms with van der Waals surface area (Å²) < 4.78 is 24.1. The number of nitrogens with zero attached hydrogens (tertiary/aromatic N) is 1. The van der Waals surface area contributed by atoms with E-state index in [9.17, 15) is 4.39 Å². The van der Waals surface area contributed by atoms with Crippen molar-refractivity contribution in [1.29, 1.82) is 5.26 Å². The highest BCUT2D eigenvalue weighted by Gasteiger charge is 2.08. The van der Waals surface area contributed by atoms with E-state index in [0.29, 0.717) is 22.6 Å². The van der Waals surface area contributed by atoms with Gasteiger partial charge in [0.1, 0.15) is 12.4 Å². The number of methoxy groups -OCH3 is 1. The van der Waals surface area contributed by atoms with E-state index in [-0.39, 0.29) is 6.61 Å². The standard InChI is InChI=1S/C16H14FNO2/c1-11-3-6-15(16(7-11)19-2)20-10-13-8-14(17)5-4-12(13)9-18/h3-8H,10H2,1-2H3. The van der Waals surface area contributed by atoms with E-state index in [1.54, 1.807) is 13.2 Å². The normalized spacial score (nSPS) is 9.90. The summed E-state index contributed by atoms with van der Waals surface area (Å²) in [6, 6.07) is 11.6. The van der Waals surface area contributed by atoms with Crippen molar-refractivity contribution in [1.82, 2.24) is 0 Å². The minimum Gasteiger partial charge on any atom is -0.493 e. The maximum absolute atomic E-state index is 13.2. The van der Waals surface area contributed by atoms with Crippen LogP contribution in [0.5, 0.6) is 11.5 Å². The molecule has 0 fully saturated rings. The molecule has 0 spiro atoms. The van der Waals surface area contributed by atoms with E-state index in [0.717, 1.165) is 5.56 Å². The molecule has 3 nitrogen and oxygen atoms in total. The van der Waals surface area contributed by atoms with Crippen LogP contribution >= 0.6 is 0 Å². The van der Waals surface area contributed by atoms with Gasteiger partial charge in [-0.2, -0.15) is 5.26 Å². The number of ether oxygens (including phenoxy) is 2. The van der Waals surface area contributed by atoms with Crippen molar-refractivity contribution < 1.29 is 13.9 Å². The van der Waals surface area contributed by atoms with Crippen LogP contribution < -0.4 is 9.47 Å². The van der Waals surface area contributed by atoms with Crippen molar-refractivity contribution in [3.05, 3.63) is 58.9 Å².